The van der Waals surface area contributed by atoms with Gasteiger partial charge in [0.1, 0.15) is 11.2 Å². The first-order valence-corrected chi connectivity index (χ1v) is 49.0. The van der Waals surface area contributed by atoms with E-state index in [-0.39, 0.29) is 13.4 Å². The second-order valence-corrected chi connectivity index (χ2v) is 39.5. The second kappa shape index (κ2) is 34.8. The van der Waals surface area contributed by atoms with Gasteiger partial charge in [0.05, 0.1) is 34.1 Å². The Bertz CT molecular complexity index is 8040. The van der Waals surface area contributed by atoms with E-state index in [4.69, 9.17) is 8.83 Å². The molecule has 0 aliphatic carbocycles. The molecule has 24 rings (SSSR count). The quantitative estimate of drug-likeness (QED) is 0.0788. The maximum absolute atomic E-state index is 6.88. The molecule has 4 aliphatic rings. The summed E-state index contributed by atoms with van der Waals surface area (Å²) in [4.78, 5) is 15.1. The molecule has 2 aromatic heterocycles. The molecule has 0 N–H and O–H groups in total. The zero-order valence-corrected chi connectivity index (χ0v) is 80.1. The normalized spacial score (nSPS) is 12.9. The summed E-state index contributed by atoms with van der Waals surface area (Å²) in [6.45, 7) is 29.7. The molecular formula is C127H110B2N6O2. The molecule has 0 saturated carbocycles. The lowest BCUT2D eigenvalue weighted by Crippen LogP contribution is -2.61. The zero-order valence-electron chi connectivity index (χ0n) is 80.1. The maximum atomic E-state index is 6.88. The van der Waals surface area contributed by atoms with Crippen molar-refractivity contribution in [3.8, 4) is 22.3 Å². The fourth-order valence-corrected chi connectivity index (χ4v) is 21.8. The number of rotatable bonds is 18. The van der Waals surface area contributed by atoms with Crippen LogP contribution in [-0.2, 0) is 0 Å². The van der Waals surface area contributed by atoms with Crippen molar-refractivity contribution < 1.29 is 8.83 Å². The van der Waals surface area contributed by atoms with Gasteiger partial charge < -0.3 is 38.2 Å². The highest BCUT2D eigenvalue weighted by molar-refractivity contribution is 7.01. The fourth-order valence-electron chi connectivity index (χ4n) is 21.8. The third-order valence-electron chi connectivity index (χ3n) is 29.0. The van der Waals surface area contributed by atoms with E-state index < -0.39 is 0 Å². The second-order valence-electron chi connectivity index (χ2n) is 39.5. The summed E-state index contributed by atoms with van der Waals surface area (Å²) in [6, 6.07) is 147. The minimum absolute atomic E-state index is 0.0354. The van der Waals surface area contributed by atoms with Gasteiger partial charge in [0.2, 0.25) is 0 Å². The lowest BCUT2D eigenvalue weighted by molar-refractivity contribution is 0.668. The Morgan fingerprint density at radius 2 is 0.526 bits per heavy atom. The first-order valence-electron chi connectivity index (χ1n) is 49.0. The van der Waals surface area contributed by atoms with Crippen LogP contribution < -0.4 is 62.2 Å². The van der Waals surface area contributed by atoms with Crippen molar-refractivity contribution in [2.75, 3.05) is 29.4 Å². The summed E-state index contributed by atoms with van der Waals surface area (Å²) in [5.74, 6) is 2.26. The molecule has 18 aromatic carbocycles. The average molecular weight is 1770 g/mol. The highest BCUT2D eigenvalue weighted by Gasteiger charge is 2.48. The van der Waals surface area contributed by atoms with Gasteiger partial charge in [-0.3, -0.25) is 0 Å². The Hall–Kier alpha value is -15.5. The molecular weight excluding hydrogens is 1660 g/mol. The van der Waals surface area contributed by atoms with E-state index >= 15 is 0 Å². The van der Waals surface area contributed by atoms with Crippen LogP contribution in [-0.4, -0.2) is 13.4 Å². The van der Waals surface area contributed by atoms with Crippen LogP contribution in [0, 0.1) is 6.92 Å². The molecule has 4 aliphatic heterocycles. The summed E-state index contributed by atoms with van der Waals surface area (Å²) in [5, 5.41) is 4.40. The lowest BCUT2D eigenvalue weighted by Gasteiger charge is -2.45. The van der Waals surface area contributed by atoms with Gasteiger partial charge in [-0.25, -0.2) is 0 Å². The van der Waals surface area contributed by atoms with E-state index in [9.17, 15) is 0 Å². The van der Waals surface area contributed by atoms with Gasteiger partial charge >= 0.3 is 0 Å². The molecule has 0 saturated heterocycles. The lowest BCUT2D eigenvalue weighted by atomic mass is 9.33. The molecule has 0 bridgehead atoms. The predicted octanol–water partition coefficient (Wildman–Crippen LogP) is 32.7. The van der Waals surface area contributed by atoms with Crippen LogP contribution in [0.4, 0.5) is 102 Å². The molecule has 0 fully saturated rings. The summed E-state index contributed by atoms with van der Waals surface area (Å²) in [6.07, 6.45) is 0. The number of para-hydroxylation sites is 8. The van der Waals surface area contributed by atoms with Gasteiger partial charge in [-0.05, 0) is 253 Å². The molecule has 137 heavy (non-hydrogen) atoms. The minimum atomic E-state index is -0.0376. The smallest absolute Gasteiger partial charge is 0.252 e. The first-order chi connectivity index (χ1) is 66.9. The Balaban J connectivity index is 0.000000154. The van der Waals surface area contributed by atoms with Crippen LogP contribution in [0.2, 0.25) is 0 Å². The highest BCUT2D eigenvalue weighted by Crippen LogP contribution is 2.56. The van der Waals surface area contributed by atoms with E-state index in [0.29, 0.717) is 35.5 Å². The van der Waals surface area contributed by atoms with Crippen molar-refractivity contribution in [2.24, 2.45) is 0 Å². The third kappa shape index (κ3) is 14.8. The molecule has 0 radical (unpaired) electrons. The molecule has 0 atom stereocenters. The molecule has 6 heterocycles. The van der Waals surface area contributed by atoms with Crippen molar-refractivity contribution in [2.45, 2.75) is 126 Å². The predicted molar refractivity (Wildman–Crippen MR) is 585 cm³/mol. The number of nitrogens with zero attached hydrogens (tertiary/aromatic N) is 6. The van der Waals surface area contributed by atoms with Gasteiger partial charge in [-0.2, -0.15) is 0 Å². The summed E-state index contributed by atoms with van der Waals surface area (Å²) < 4.78 is 13.8. The van der Waals surface area contributed by atoms with Gasteiger partial charge in [0.15, 0.2) is 11.2 Å². The number of fused-ring (bicyclic) bond motifs is 14. The summed E-state index contributed by atoms with van der Waals surface area (Å²) in [5.41, 5.74) is 45.4. The largest absolute Gasteiger partial charge is 0.454 e. The van der Waals surface area contributed by atoms with Crippen molar-refractivity contribution >= 4 is 192 Å². The Labute approximate surface area is 806 Å². The van der Waals surface area contributed by atoms with E-state index in [2.05, 4.69) is 514 Å². The summed E-state index contributed by atoms with van der Waals surface area (Å²) in [7, 11) is 0. The van der Waals surface area contributed by atoms with Gasteiger partial charge in [0.25, 0.3) is 13.4 Å². The van der Waals surface area contributed by atoms with Crippen LogP contribution in [0.3, 0.4) is 0 Å². The molecule has 20 aromatic rings. The van der Waals surface area contributed by atoms with Gasteiger partial charge in [-0.15, -0.1) is 0 Å². The Morgan fingerprint density at radius 3 is 0.891 bits per heavy atom. The molecule has 0 unspecified atom stereocenters. The molecule has 8 nitrogen and oxygen atoms in total. The van der Waals surface area contributed by atoms with Crippen molar-refractivity contribution in [1.29, 1.82) is 0 Å². The van der Waals surface area contributed by atoms with Crippen LogP contribution in [0.25, 0.3) is 66.1 Å². The number of aryl methyl sites for hydroxylation is 1. The molecule has 666 valence electrons. The number of hydrogen-bond donors (Lipinski definition) is 0. The SMILES string of the molecule is CC(C)c1ccc(N2c3ccc(C(C)C)cc3B3c4cc(C(C)C)ccc4N(c4ccccc4-c4ccccc4)c4cc(N(c5ccccc5)c5cccc6c5oc5ccccc56)cc2c43)cc1.Cc1ccc(-c2ccccc2N2c3ccc(C(C)C)cc3B3c4cc(C(C)C)ccc4N(c4ccc(C(C)C)cc4)c4cc(N(c5ccccc5)c5cccc6c5oc5ccccc56)cc2c43)cc1. The molecule has 0 spiro atoms. The van der Waals surface area contributed by atoms with Crippen LogP contribution in [0.1, 0.15) is 158 Å². The maximum Gasteiger partial charge on any atom is 0.252 e. The van der Waals surface area contributed by atoms with Crippen molar-refractivity contribution in [3.05, 3.63) is 433 Å². The molecule has 10 heteroatoms. The third-order valence-corrected chi connectivity index (χ3v) is 29.0. The standard InChI is InChI=1S/C64H56BN3O.C63H54BN3O/c1-40(2)44-28-32-49(33-29-44)67-57-34-30-46(41(3)4)36-54(57)65-55-37-47(42(5)6)31-35-58(55)68(56-21-13-11-18-51(56)45-26-24-43(7)25-27-45)61-39-50(38-60(67)63(61)65)66(48-16-9-8-10-17-48)59-22-15-20-53-52-19-12-14-23-62(52)69-64(53)59;1-40(2)43-28-32-48(33-29-43)66-56-34-30-45(41(3)4)36-53(56)64-54-37-46(42(5)6)31-35-57(54)67(55-25-15-13-22-50(55)44-18-9-7-10-19-44)60-39-49(38-59(66)62(60)64)65(47-20-11-8-12-21-47)58-26-17-24-52-51-23-14-16-27-61(51)68-63(52)58/h8-42H,1-7H3;7-42H,1-6H3. The zero-order chi connectivity index (χ0) is 93.3. The van der Waals surface area contributed by atoms with Crippen LogP contribution >= 0.6 is 0 Å². The molecule has 0 amide bonds. The highest BCUT2D eigenvalue weighted by atomic mass is 16.3. The van der Waals surface area contributed by atoms with Crippen molar-refractivity contribution in [1.82, 2.24) is 0 Å². The Kier molecular flexibility index (Phi) is 21.7. The number of anilines is 18. The van der Waals surface area contributed by atoms with Crippen molar-refractivity contribution in [3.63, 3.8) is 0 Å². The average Bonchev–Trinajstić information content (AvgIpc) is 1.05. The number of hydrogen-bond acceptors (Lipinski definition) is 8. The fraction of sp³-hybridized carbons (Fsp3) is 0.150. The van der Waals surface area contributed by atoms with Crippen LogP contribution in [0.15, 0.2) is 403 Å². The number of furan rings is 2. The van der Waals surface area contributed by atoms with Gasteiger partial charge in [0, 0.05) is 101 Å². The monoisotopic (exact) mass is 1770 g/mol. The van der Waals surface area contributed by atoms with E-state index in [1.54, 1.807) is 0 Å². The minimum Gasteiger partial charge on any atom is -0.454 e. The first kappa shape index (κ1) is 85.7. The topological polar surface area (TPSA) is 45.7 Å². The van der Waals surface area contributed by atoms with Gasteiger partial charge in [-0.1, -0.05) is 350 Å². The number of benzene rings is 18. The van der Waals surface area contributed by atoms with E-state index in [0.717, 1.165) is 124 Å². The van der Waals surface area contributed by atoms with E-state index in [1.165, 1.54) is 117 Å². The van der Waals surface area contributed by atoms with E-state index in [1.807, 2.05) is 0 Å². The summed E-state index contributed by atoms with van der Waals surface area (Å²) >= 11 is 0. The van der Waals surface area contributed by atoms with Crippen LogP contribution in [0.5, 0.6) is 0 Å². The Morgan fingerprint density at radius 1 is 0.226 bits per heavy atom.